The number of imidazole rings is 1. The second kappa shape index (κ2) is 5.90. The smallest absolute Gasteiger partial charge is 0.275 e. The van der Waals surface area contributed by atoms with E-state index in [0.717, 1.165) is 25.3 Å². The van der Waals surface area contributed by atoms with Crippen LogP contribution in [0.5, 0.6) is 0 Å². The van der Waals surface area contributed by atoms with Crippen molar-refractivity contribution in [2.24, 2.45) is 0 Å². The van der Waals surface area contributed by atoms with Gasteiger partial charge in [0.05, 0.1) is 5.69 Å². The lowest BCUT2D eigenvalue weighted by atomic mass is 10.3. The molecule has 3 rings (SSSR count). The molecule has 0 aliphatic carbocycles. The lowest BCUT2D eigenvalue weighted by Gasteiger charge is -2.19. The third-order valence-electron chi connectivity index (χ3n) is 3.56. The Balaban J connectivity index is 1.74. The Hall–Kier alpha value is -1.80. The number of aromatic nitrogens is 4. The fraction of sp³-hybridized carbons (Fsp3) is 0.538. The zero-order valence-corrected chi connectivity index (χ0v) is 13.0. The Morgan fingerprint density at radius 3 is 2.95 bits per heavy atom. The van der Waals surface area contributed by atoms with Crippen LogP contribution < -0.4 is 0 Å². The normalized spacial score (nSPS) is 15.1. The van der Waals surface area contributed by atoms with E-state index in [0.29, 0.717) is 18.8 Å². The van der Waals surface area contributed by atoms with Crippen LogP contribution in [0.25, 0.3) is 0 Å². The number of carbonyl (C=O) groups excluding carboxylic acids is 1. The number of carbonyl (C=O) groups is 1. The molecule has 0 fully saturated rings. The van der Waals surface area contributed by atoms with Crippen LogP contribution in [0.2, 0.25) is 0 Å². The molecule has 0 unspecified atom stereocenters. The summed E-state index contributed by atoms with van der Waals surface area (Å²) in [5.74, 6) is 1.02. The van der Waals surface area contributed by atoms with Crippen molar-refractivity contribution < 1.29 is 4.79 Å². The van der Waals surface area contributed by atoms with E-state index in [1.807, 2.05) is 25.2 Å². The molecule has 0 radical (unpaired) electrons. The quantitative estimate of drug-likeness (QED) is 0.826. The van der Waals surface area contributed by atoms with Gasteiger partial charge in [-0.25, -0.2) is 4.98 Å². The van der Waals surface area contributed by atoms with Crippen molar-refractivity contribution in [3.05, 3.63) is 28.8 Å². The lowest BCUT2D eigenvalue weighted by molar-refractivity contribution is 0.0753. The van der Waals surface area contributed by atoms with Gasteiger partial charge in [-0.2, -0.15) is 0 Å². The molecule has 21 heavy (non-hydrogen) atoms. The Morgan fingerprint density at radius 2 is 2.24 bits per heavy atom. The molecule has 0 saturated carbocycles. The SMILES string of the molecule is CN(C)Cc1cnc2n1CCN(C(=O)c1csnn1)CC2. The molecule has 0 N–H and O–H groups in total. The van der Waals surface area contributed by atoms with E-state index in [4.69, 9.17) is 0 Å². The highest BCUT2D eigenvalue weighted by molar-refractivity contribution is 7.03. The topological polar surface area (TPSA) is 67.2 Å². The Bertz CT molecular complexity index is 621. The number of hydrogen-bond donors (Lipinski definition) is 0. The number of amides is 1. The van der Waals surface area contributed by atoms with Crippen molar-refractivity contribution in [2.75, 3.05) is 27.2 Å². The van der Waals surface area contributed by atoms with Gasteiger partial charge in [0.1, 0.15) is 5.82 Å². The zero-order chi connectivity index (χ0) is 14.8. The van der Waals surface area contributed by atoms with Gasteiger partial charge in [-0.15, -0.1) is 5.10 Å². The van der Waals surface area contributed by atoms with Gasteiger partial charge in [-0.3, -0.25) is 4.79 Å². The van der Waals surface area contributed by atoms with Crippen molar-refractivity contribution in [2.45, 2.75) is 19.5 Å². The lowest BCUT2D eigenvalue weighted by Crippen LogP contribution is -2.34. The van der Waals surface area contributed by atoms with E-state index in [2.05, 4.69) is 24.0 Å². The largest absolute Gasteiger partial charge is 0.335 e. The molecule has 8 heteroatoms. The molecule has 0 atom stereocenters. The summed E-state index contributed by atoms with van der Waals surface area (Å²) >= 11 is 1.20. The van der Waals surface area contributed by atoms with Crippen molar-refractivity contribution in [1.82, 2.24) is 28.9 Å². The molecule has 1 aliphatic heterocycles. The molecule has 1 aliphatic rings. The van der Waals surface area contributed by atoms with E-state index in [9.17, 15) is 4.79 Å². The molecule has 3 heterocycles. The summed E-state index contributed by atoms with van der Waals surface area (Å²) in [7, 11) is 4.09. The third-order valence-corrected chi connectivity index (χ3v) is 4.07. The summed E-state index contributed by atoms with van der Waals surface area (Å²) in [6, 6.07) is 0. The molecule has 0 spiro atoms. The average molecular weight is 306 g/mol. The van der Waals surface area contributed by atoms with E-state index in [1.165, 1.54) is 17.2 Å². The van der Waals surface area contributed by atoms with Crippen LogP contribution in [0, 0.1) is 0 Å². The van der Waals surface area contributed by atoms with Gasteiger partial charge in [0.2, 0.25) is 0 Å². The molecule has 7 nitrogen and oxygen atoms in total. The second-order valence-electron chi connectivity index (χ2n) is 5.39. The van der Waals surface area contributed by atoms with Gasteiger partial charge in [0.15, 0.2) is 5.69 Å². The highest BCUT2D eigenvalue weighted by Gasteiger charge is 2.23. The van der Waals surface area contributed by atoms with Crippen LogP contribution in [0.3, 0.4) is 0 Å². The maximum Gasteiger partial charge on any atom is 0.275 e. The first kappa shape index (κ1) is 14.2. The standard InChI is InChI=1S/C13H18N6OS/c1-17(2)8-10-7-14-12-3-4-18(5-6-19(10)12)13(20)11-9-21-16-15-11/h7,9H,3-6,8H2,1-2H3. The van der Waals surface area contributed by atoms with Crippen molar-refractivity contribution in [3.63, 3.8) is 0 Å². The molecule has 0 saturated heterocycles. The number of nitrogens with zero attached hydrogens (tertiary/aromatic N) is 6. The van der Waals surface area contributed by atoms with Gasteiger partial charge >= 0.3 is 0 Å². The van der Waals surface area contributed by atoms with E-state index < -0.39 is 0 Å². The fourth-order valence-corrected chi connectivity index (χ4v) is 3.00. The van der Waals surface area contributed by atoms with Gasteiger partial charge < -0.3 is 14.4 Å². The second-order valence-corrected chi connectivity index (χ2v) is 6.00. The molecule has 2 aromatic heterocycles. The fourth-order valence-electron chi connectivity index (χ4n) is 2.57. The number of hydrogen-bond acceptors (Lipinski definition) is 6. The Kier molecular flexibility index (Phi) is 3.98. The van der Waals surface area contributed by atoms with Gasteiger partial charge in [-0.1, -0.05) is 4.49 Å². The molecular weight excluding hydrogens is 288 g/mol. The van der Waals surface area contributed by atoms with E-state index >= 15 is 0 Å². The molecule has 0 bridgehead atoms. The van der Waals surface area contributed by atoms with Gasteiger partial charge in [0.25, 0.3) is 5.91 Å². The summed E-state index contributed by atoms with van der Waals surface area (Å²) < 4.78 is 5.99. The average Bonchev–Trinajstić information content (AvgIpc) is 3.04. The van der Waals surface area contributed by atoms with Crippen LogP contribution in [-0.2, 0) is 19.5 Å². The molecule has 0 aromatic carbocycles. The van der Waals surface area contributed by atoms with Crippen molar-refractivity contribution in [1.29, 1.82) is 0 Å². The molecule has 112 valence electrons. The first-order valence-electron chi connectivity index (χ1n) is 6.89. The predicted octanol–water partition coefficient (Wildman–Crippen LogP) is 0.495. The van der Waals surface area contributed by atoms with E-state index in [1.54, 1.807) is 5.38 Å². The van der Waals surface area contributed by atoms with Crippen LogP contribution in [0.4, 0.5) is 0 Å². The molecular formula is C13H18N6OS. The van der Waals surface area contributed by atoms with Gasteiger partial charge in [-0.05, 0) is 25.6 Å². The number of rotatable bonds is 3. The van der Waals surface area contributed by atoms with E-state index in [-0.39, 0.29) is 5.91 Å². The maximum atomic E-state index is 12.3. The molecule has 1 amide bonds. The first-order valence-corrected chi connectivity index (χ1v) is 7.73. The summed E-state index contributed by atoms with van der Waals surface area (Å²) in [6.45, 7) is 2.99. The van der Waals surface area contributed by atoms with Crippen LogP contribution >= 0.6 is 11.5 Å². The van der Waals surface area contributed by atoms with Crippen LogP contribution in [0.15, 0.2) is 11.6 Å². The third kappa shape index (κ3) is 2.96. The zero-order valence-electron chi connectivity index (χ0n) is 12.2. The Morgan fingerprint density at radius 1 is 1.38 bits per heavy atom. The number of fused-ring (bicyclic) bond motifs is 1. The minimum Gasteiger partial charge on any atom is -0.335 e. The highest BCUT2D eigenvalue weighted by Crippen LogP contribution is 2.14. The Labute approximate surface area is 127 Å². The monoisotopic (exact) mass is 306 g/mol. The maximum absolute atomic E-state index is 12.3. The molecule has 2 aromatic rings. The summed E-state index contributed by atoms with van der Waals surface area (Å²) in [6.07, 6.45) is 2.72. The minimum atomic E-state index is -0.0383. The first-order chi connectivity index (χ1) is 10.1. The highest BCUT2D eigenvalue weighted by atomic mass is 32.1. The van der Waals surface area contributed by atoms with Crippen molar-refractivity contribution >= 4 is 17.4 Å². The minimum absolute atomic E-state index is 0.0383. The van der Waals surface area contributed by atoms with Crippen LogP contribution in [0.1, 0.15) is 22.0 Å². The summed E-state index contributed by atoms with van der Waals surface area (Å²) in [5.41, 5.74) is 1.63. The van der Waals surface area contributed by atoms with Gasteiger partial charge in [0, 0.05) is 44.2 Å². The van der Waals surface area contributed by atoms with Crippen molar-refractivity contribution in [3.8, 4) is 0 Å². The summed E-state index contributed by atoms with van der Waals surface area (Å²) in [4.78, 5) is 20.8. The summed E-state index contributed by atoms with van der Waals surface area (Å²) in [5, 5.41) is 5.56. The van der Waals surface area contributed by atoms with Crippen LogP contribution in [-0.4, -0.2) is 62.0 Å². The predicted molar refractivity (Wildman–Crippen MR) is 79.1 cm³/mol.